The lowest BCUT2D eigenvalue weighted by atomic mass is 10.0. The summed E-state index contributed by atoms with van der Waals surface area (Å²) in [6.07, 6.45) is 0. The minimum absolute atomic E-state index is 0.355. The number of amides is 1. The van der Waals surface area contributed by atoms with Crippen LogP contribution in [0.2, 0.25) is 0 Å². The first-order valence-corrected chi connectivity index (χ1v) is 9.16. The van der Waals surface area contributed by atoms with Gasteiger partial charge in [-0.2, -0.15) is 4.99 Å². The van der Waals surface area contributed by atoms with E-state index in [4.69, 9.17) is 9.47 Å². The fourth-order valence-corrected chi connectivity index (χ4v) is 3.81. The van der Waals surface area contributed by atoms with Crippen molar-refractivity contribution in [1.29, 1.82) is 0 Å². The molecule has 0 unspecified atom stereocenters. The number of carbonyl (C=O) groups excluding carboxylic acids is 1. The maximum absolute atomic E-state index is 12.8. The van der Waals surface area contributed by atoms with Crippen molar-refractivity contribution < 1.29 is 14.3 Å². The van der Waals surface area contributed by atoms with Gasteiger partial charge in [-0.25, -0.2) is 0 Å². The van der Waals surface area contributed by atoms with Gasteiger partial charge in [-0.3, -0.25) is 4.79 Å². The van der Waals surface area contributed by atoms with Crippen LogP contribution in [0.4, 0.5) is 0 Å². The molecule has 0 atom stereocenters. The van der Waals surface area contributed by atoms with E-state index in [1.165, 1.54) is 24.0 Å². The van der Waals surface area contributed by atoms with Gasteiger partial charge < -0.3 is 14.0 Å². The third kappa shape index (κ3) is 3.37. The molecule has 0 radical (unpaired) electrons. The predicted octanol–water partition coefficient (Wildman–Crippen LogP) is 4.12. The van der Waals surface area contributed by atoms with E-state index in [0.717, 1.165) is 10.2 Å². The molecule has 1 amide bonds. The van der Waals surface area contributed by atoms with Crippen molar-refractivity contribution in [2.45, 2.75) is 19.8 Å². The van der Waals surface area contributed by atoms with Crippen molar-refractivity contribution in [2.24, 2.45) is 12.0 Å². The molecule has 0 saturated heterocycles. The van der Waals surface area contributed by atoms with E-state index in [2.05, 4.69) is 37.0 Å². The number of methoxy groups -OCH3 is 2. The lowest BCUT2D eigenvalue weighted by molar-refractivity contribution is 0.0994. The number of aryl methyl sites for hydroxylation is 1. The summed E-state index contributed by atoms with van der Waals surface area (Å²) in [7, 11) is 5.01. The molecule has 1 heterocycles. The Bertz CT molecular complexity index is 1030. The average Bonchev–Trinajstić information content (AvgIpc) is 2.96. The Labute approximate surface area is 156 Å². The summed E-state index contributed by atoms with van der Waals surface area (Å²) in [6, 6.07) is 11.5. The van der Waals surface area contributed by atoms with Gasteiger partial charge in [-0.15, -0.1) is 0 Å². The van der Waals surface area contributed by atoms with Crippen molar-refractivity contribution in [3.63, 3.8) is 0 Å². The van der Waals surface area contributed by atoms with Crippen LogP contribution in [0, 0.1) is 0 Å². The van der Waals surface area contributed by atoms with Crippen LogP contribution < -0.4 is 14.3 Å². The first-order chi connectivity index (χ1) is 12.4. The zero-order valence-corrected chi connectivity index (χ0v) is 16.4. The number of nitrogens with zero attached hydrogens (tertiary/aromatic N) is 2. The van der Waals surface area contributed by atoms with Crippen molar-refractivity contribution in [3.8, 4) is 11.5 Å². The highest BCUT2D eigenvalue weighted by Crippen LogP contribution is 2.25. The largest absolute Gasteiger partial charge is 0.497 e. The van der Waals surface area contributed by atoms with Gasteiger partial charge in [-0.05, 0) is 41.8 Å². The maximum atomic E-state index is 12.8. The quantitative estimate of drug-likeness (QED) is 0.694. The van der Waals surface area contributed by atoms with Gasteiger partial charge in [0.25, 0.3) is 5.91 Å². The van der Waals surface area contributed by atoms with Crippen LogP contribution in [-0.4, -0.2) is 24.7 Å². The Morgan fingerprint density at radius 1 is 1.12 bits per heavy atom. The first kappa shape index (κ1) is 18.2. The van der Waals surface area contributed by atoms with Crippen molar-refractivity contribution in [3.05, 3.63) is 52.3 Å². The average molecular weight is 370 g/mol. The molecular formula is C20H22N2O3S. The van der Waals surface area contributed by atoms with Crippen LogP contribution in [0.5, 0.6) is 11.5 Å². The topological polar surface area (TPSA) is 52.8 Å². The van der Waals surface area contributed by atoms with Gasteiger partial charge in [0, 0.05) is 7.05 Å². The number of benzene rings is 2. The van der Waals surface area contributed by atoms with Crippen LogP contribution in [0.15, 0.2) is 41.4 Å². The van der Waals surface area contributed by atoms with E-state index >= 15 is 0 Å². The van der Waals surface area contributed by atoms with E-state index in [1.807, 2.05) is 11.6 Å². The fraction of sp³-hybridized carbons (Fsp3) is 0.300. The Balaban J connectivity index is 2.10. The molecule has 0 aliphatic rings. The van der Waals surface area contributed by atoms with Gasteiger partial charge in [0.1, 0.15) is 11.5 Å². The summed E-state index contributed by atoms with van der Waals surface area (Å²) in [6.45, 7) is 4.33. The predicted molar refractivity (Wildman–Crippen MR) is 104 cm³/mol. The summed E-state index contributed by atoms with van der Waals surface area (Å²) in [4.78, 5) is 17.7. The summed E-state index contributed by atoms with van der Waals surface area (Å²) in [5.74, 6) is 1.17. The Morgan fingerprint density at radius 3 is 2.54 bits per heavy atom. The molecule has 3 aromatic rings. The second-order valence-corrected chi connectivity index (χ2v) is 7.32. The molecule has 6 heteroatoms. The van der Waals surface area contributed by atoms with E-state index in [-0.39, 0.29) is 5.91 Å². The molecule has 0 N–H and O–H groups in total. The summed E-state index contributed by atoms with van der Waals surface area (Å²) < 4.78 is 13.6. The number of rotatable bonds is 4. The standard InChI is InChI=1S/C20H22N2O3S/c1-12(2)13-6-8-16-18(10-13)26-20(22(16)3)21-19(23)15-11-14(24-4)7-9-17(15)25-5/h6-12H,1-5H3. The van der Waals surface area contributed by atoms with Gasteiger partial charge in [0.2, 0.25) is 0 Å². The van der Waals surface area contributed by atoms with Gasteiger partial charge >= 0.3 is 0 Å². The molecule has 0 aliphatic carbocycles. The Kier molecular flexibility index (Phi) is 5.13. The normalized spacial score (nSPS) is 12.0. The maximum Gasteiger partial charge on any atom is 0.283 e. The van der Waals surface area contributed by atoms with Crippen molar-refractivity contribution in [1.82, 2.24) is 4.57 Å². The van der Waals surface area contributed by atoms with Crippen LogP contribution in [0.1, 0.15) is 35.7 Å². The summed E-state index contributed by atoms with van der Waals surface area (Å²) in [5, 5.41) is 0. The Morgan fingerprint density at radius 2 is 1.88 bits per heavy atom. The van der Waals surface area contributed by atoms with Crippen molar-refractivity contribution >= 4 is 27.5 Å². The van der Waals surface area contributed by atoms with E-state index in [0.29, 0.717) is 27.8 Å². The highest BCUT2D eigenvalue weighted by Gasteiger charge is 2.14. The second-order valence-electron chi connectivity index (χ2n) is 6.31. The van der Waals surface area contributed by atoms with E-state index in [9.17, 15) is 4.79 Å². The van der Waals surface area contributed by atoms with E-state index in [1.54, 1.807) is 25.3 Å². The number of aromatic nitrogens is 1. The molecule has 1 aromatic heterocycles. The van der Waals surface area contributed by atoms with Gasteiger partial charge in [0.05, 0.1) is 30.0 Å². The molecule has 136 valence electrons. The molecule has 3 rings (SSSR count). The number of thiazole rings is 1. The Hall–Kier alpha value is -2.60. The van der Waals surface area contributed by atoms with Gasteiger partial charge in [-0.1, -0.05) is 31.3 Å². The lowest BCUT2D eigenvalue weighted by Gasteiger charge is -2.07. The second kappa shape index (κ2) is 7.33. The van der Waals surface area contributed by atoms with Gasteiger partial charge in [0.15, 0.2) is 4.80 Å². The highest BCUT2D eigenvalue weighted by molar-refractivity contribution is 7.16. The molecule has 0 saturated carbocycles. The zero-order chi connectivity index (χ0) is 18.8. The molecule has 2 aromatic carbocycles. The zero-order valence-electron chi connectivity index (χ0n) is 15.6. The smallest absolute Gasteiger partial charge is 0.283 e. The van der Waals surface area contributed by atoms with Crippen molar-refractivity contribution in [2.75, 3.05) is 14.2 Å². The molecule has 0 aliphatic heterocycles. The fourth-order valence-electron chi connectivity index (χ4n) is 2.74. The molecular weight excluding hydrogens is 348 g/mol. The highest BCUT2D eigenvalue weighted by atomic mass is 32.1. The van der Waals surface area contributed by atoms with Crippen LogP contribution in [-0.2, 0) is 7.05 Å². The molecule has 0 bridgehead atoms. The van der Waals surface area contributed by atoms with Crippen LogP contribution in [0.3, 0.4) is 0 Å². The first-order valence-electron chi connectivity index (χ1n) is 8.35. The summed E-state index contributed by atoms with van der Waals surface area (Å²) >= 11 is 1.51. The lowest BCUT2D eigenvalue weighted by Crippen LogP contribution is -2.13. The number of ether oxygens (including phenoxy) is 2. The van der Waals surface area contributed by atoms with Crippen LogP contribution in [0.25, 0.3) is 10.2 Å². The molecule has 5 nitrogen and oxygen atoms in total. The number of carbonyl (C=O) groups is 1. The number of hydrogen-bond acceptors (Lipinski definition) is 4. The molecule has 0 fully saturated rings. The minimum Gasteiger partial charge on any atom is -0.497 e. The third-order valence-corrected chi connectivity index (χ3v) is 5.43. The number of fused-ring (bicyclic) bond motifs is 1. The molecule has 26 heavy (non-hydrogen) atoms. The monoisotopic (exact) mass is 370 g/mol. The third-order valence-electron chi connectivity index (χ3n) is 4.33. The summed E-state index contributed by atoms with van der Waals surface area (Å²) in [5.41, 5.74) is 2.71. The van der Waals surface area contributed by atoms with E-state index < -0.39 is 0 Å². The number of hydrogen-bond donors (Lipinski definition) is 0. The SMILES string of the molecule is COc1ccc(OC)c(C(=O)N=c2sc3cc(C(C)C)ccc3n2C)c1. The van der Waals surface area contributed by atoms with Crippen LogP contribution >= 0.6 is 11.3 Å². The minimum atomic E-state index is -0.355. The molecule has 0 spiro atoms.